The van der Waals surface area contributed by atoms with Crippen LogP contribution < -0.4 is 0 Å². The van der Waals surface area contributed by atoms with Crippen molar-refractivity contribution >= 4 is 5.91 Å². The first-order chi connectivity index (χ1) is 13.3. The standard InChI is InChI=1S/C21H28N4O2/c26-21(20-15-25(23-22-20)18-10-5-2-6-11-18)24-13-7-12-19(14-24)27-16-17-8-3-1-4-9-17/h1,3-4,8-9,15,18-19H,2,5-7,10-14,16H2/t19-/m1/s1. The predicted octanol–water partition coefficient (Wildman–Crippen LogP) is 3.60. The van der Waals surface area contributed by atoms with E-state index < -0.39 is 0 Å². The summed E-state index contributed by atoms with van der Waals surface area (Å²) in [6, 6.07) is 10.6. The number of amides is 1. The number of ether oxygens (including phenoxy) is 1. The third-order valence-electron chi connectivity index (χ3n) is 5.67. The molecule has 0 N–H and O–H groups in total. The molecule has 0 radical (unpaired) electrons. The zero-order chi connectivity index (χ0) is 18.5. The van der Waals surface area contributed by atoms with E-state index in [4.69, 9.17) is 4.74 Å². The van der Waals surface area contributed by atoms with Crippen LogP contribution in [0.15, 0.2) is 36.5 Å². The molecule has 0 bridgehead atoms. The molecule has 1 amide bonds. The van der Waals surface area contributed by atoms with Crippen molar-refractivity contribution in [2.75, 3.05) is 13.1 Å². The number of hydrogen-bond donors (Lipinski definition) is 0. The molecule has 1 aliphatic carbocycles. The molecule has 2 aromatic rings. The van der Waals surface area contributed by atoms with Gasteiger partial charge >= 0.3 is 0 Å². The van der Waals surface area contributed by atoms with Crippen molar-refractivity contribution in [3.63, 3.8) is 0 Å². The van der Waals surface area contributed by atoms with E-state index in [1.54, 1.807) is 0 Å². The molecule has 1 atom stereocenters. The summed E-state index contributed by atoms with van der Waals surface area (Å²) in [7, 11) is 0. The Bertz CT molecular complexity index is 740. The van der Waals surface area contributed by atoms with E-state index in [1.807, 2.05) is 34.0 Å². The van der Waals surface area contributed by atoms with Crippen LogP contribution in [-0.2, 0) is 11.3 Å². The first kappa shape index (κ1) is 18.2. The molecule has 1 aromatic heterocycles. The largest absolute Gasteiger partial charge is 0.372 e. The fraction of sp³-hybridized carbons (Fsp3) is 0.571. The summed E-state index contributed by atoms with van der Waals surface area (Å²) in [5.41, 5.74) is 1.63. The van der Waals surface area contributed by atoms with Crippen molar-refractivity contribution in [3.8, 4) is 0 Å². The molecule has 6 heteroatoms. The molecule has 0 spiro atoms. The van der Waals surface area contributed by atoms with E-state index in [2.05, 4.69) is 22.4 Å². The normalized spacial score (nSPS) is 21.3. The van der Waals surface area contributed by atoms with Crippen molar-refractivity contribution in [1.29, 1.82) is 0 Å². The van der Waals surface area contributed by atoms with Crippen molar-refractivity contribution in [2.24, 2.45) is 0 Å². The maximum Gasteiger partial charge on any atom is 0.276 e. The van der Waals surface area contributed by atoms with Crippen LogP contribution >= 0.6 is 0 Å². The Labute approximate surface area is 160 Å². The lowest BCUT2D eigenvalue weighted by Gasteiger charge is -2.32. The number of benzene rings is 1. The van der Waals surface area contributed by atoms with Crippen LogP contribution in [0.3, 0.4) is 0 Å². The molecule has 1 saturated carbocycles. The van der Waals surface area contributed by atoms with Crippen molar-refractivity contribution < 1.29 is 9.53 Å². The zero-order valence-electron chi connectivity index (χ0n) is 15.8. The topological polar surface area (TPSA) is 60.2 Å². The van der Waals surface area contributed by atoms with Gasteiger partial charge in [-0.3, -0.25) is 4.79 Å². The summed E-state index contributed by atoms with van der Waals surface area (Å²) < 4.78 is 7.95. The highest BCUT2D eigenvalue weighted by molar-refractivity contribution is 5.92. The minimum atomic E-state index is -0.0231. The number of carbonyl (C=O) groups excluding carboxylic acids is 1. The lowest BCUT2D eigenvalue weighted by Crippen LogP contribution is -2.43. The summed E-state index contributed by atoms with van der Waals surface area (Å²) in [4.78, 5) is 14.7. The SMILES string of the molecule is O=C(c1cn(C2CCCCC2)nn1)N1CCC[C@@H](OCc2ccccc2)C1. The summed E-state index contributed by atoms with van der Waals surface area (Å²) in [6.45, 7) is 1.98. The minimum absolute atomic E-state index is 0.0231. The molecular formula is C21H28N4O2. The monoisotopic (exact) mass is 368 g/mol. The lowest BCUT2D eigenvalue weighted by atomic mass is 9.96. The molecule has 1 saturated heterocycles. The molecular weight excluding hydrogens is 340 g/mol. The third-order valence-corrected chi connectivity index (χ3v) is 5.67. The Hall–Kier alpha value is -2.21. The number of piperidine rings is 1. The second-order valence-electron chi connectivity index (χ2n) is 7.69. The summed E-state index contributed by atoms with van der Waals surface area (Å²) >= 11 is 0. The maximum atomic E-state index is 12.9. The molecule has 27 heavy (non-hydrogen) atoms. The van der Waals surface area contributed by atoms with Crippen LogP contribution in [0, 0.1) is 0 Å². The van der Waals surface area contributed by atoms with Gasteiger partial charge in [0.2, 0.25) is 0 Å². The van der Waals surface area contributed by atoms with Gasteiger partial charge in [-0.15, -0.1) is 5.10 Å². The molecule has 2 fully saturated rings. The average molecular weight is 368 g/mol. The molecule has 144 valence electrons. The van der Waals surface area contributed by atoms with Gasteiger partial charge in [0, 0.05) is 13.1 Å². The Morgan fingerprint density at radius 3 is 2.70 bits per heavy atom. The van der Waals surface area contributed by atoms with Crippen LogP contribution in [0.4, 0.5) is 0 Å². The molecule has 4 rings (SSSR count). The van der Waals surface area contributed by atoms with E-state index in [9.17, 15) is 4.79 Å². The van der Waals surface area contributed by atoms with E-state index >= 15 is 0 Å². The quantitative estimate of drug-likeness (QED) is 0.809. The number of nitrogens with zero attached hydrogens (tertiary/aromatic N) is 4. The van der Waals surface area contributed by atoms with Gasteiger partial charge in [-0.2, -0.15) is 0 Å². The number of carbonyl (C=O) groups is 1. The molecule has 0 unspecified atom stereocenters. The van der Waals surface area contributed by atoms with Crippen molar-refractivity contribution in [3.05, 3.63) is 47.8 Å². The van der Waals surface area contributed by atoms with Gasteiger partial charge in [-0.1, -0.05) is 54.8 Å². The van der Waals surface area contributed by atoms with Crippen molar-refractivity contribution in [1.82, 2.24) is 19.9 Å². The average Bonchev–Trinajstić information content (AvgIpc) is 3.24. The van der Waals surface area contributed by atoms with Gasteiger partial charge < -0.3 is 9.64 Å². The summed E-state index contributed by atoms with van der Waals surface area (Å²) in [6.07, 6.45) is 9.92. The smallest absolute Gasteiger partial charge is 0.276 e. The molecule has 1 aromatic carbocycles. The van der Waals surface area contributed by atoms with Crippen LogP contribution in [0.2, 0.25) is 0 Å². The van der Waals surface area contributed by atoms with Gasteiger partial charge in [0.25, 0.3) is 5.91 Å². The molecule has 2 aliphatic rings. The Kier molecular flexibility index (Phi) is 5.82. The van der Waals surface area contributed by atoms with Gasteiger partial charge in [-0.05, 0) is 31.2 Å². The highest BCUT2D eigenvalue weighted by Gasteiger charge is 2.27. The number of aromatic nitrogens is 3. The Balaban J connectivity index is 1.33. The molecule has 2 heterocycles. The lowest BCUT2D eigenvalue weighted by molar-refractivity contribution is -0.00689. The fourth-order valence-corrected chi connectivity index (χ4v) is 4.11. The zero-order valence-corrected chi connectivity index (χ0v) is 15.8. The van der Waals surface area contributed by atoms with E-state index in [0.29, 0.717) is 24.9 Å². The summed E-state index contributed by atoms with van der Waals surface area (Å²) in [5, 5.41) is 8.40. The minimum Gasteiger partial charge on any atom is -0.372 e. The second-order valence-corrected chi connectivity index (χ2v) is 7.69. The molecule has 6 nitrogen and oxygen atoms in total. The number of hydrogen-bond acceptors (Lipinski definition) is 4. The third kappa shape index (κ3) is 4.56. The van der Waals surface area contributed by atoms with E-state index in [1.165, 1.54) is 19.3 Å². The van der Waals surface area contributed by atoms with Gasteiger partial charge in [-0.25, -0.2) is 4.68 Å². The van der Waals surface area contributed by atoms with Gasteiger partial charge in [0.15, 0.2) is 5.69 Å². The first-order valence-electron chi connectivity index (χ1n) is 10.2. The highest BCUT2D eigenvalue weighted by Crippen LogP contribution is 2.27. The van der Waals surface area contributed by atoms with E-state index in [0.717, 1.165) is 37.8 Å². The van der Waals surface area contributed by atoms with Crippen LogP contribution in [0.1, 0.15) is 67.0 Å². The van der Waals surface area contributed by atoms with E-state index in [-0.39, 0.29) is 12.0 Å². The molecule has 1 aliphatic heterocycles. The van der Waals surface area contributed by atoms with Crippen LogP contribution in [0.25, 0.3) is 0 Å². The fourth-order valence-electron chi connectivity index (χ4n) is 4.11. The van der Waals surface area contributed by atoms with Crippen LogP contribution in [0.5, 0.6) is 0 Å². The first-order valence-corrected chi connectivity index (χ1v) is 10.2. The number of likely N-dealkylation sites (tertiary alicyclic amines) is 1. The highest BCUT2D eigenvalue weighted by atomic mass is 16.5. The Morgan fingerprint density at radius 1 is 1.07 bits per heavy atom. The van der Waals surface area contributed by atoms with Gasteiger partial charge in [0.1, 0.15) is 0 Å². The number of rotatable bonds is 5. The van der Waals surface area contributed by atoms with Crippen LogP contribution in [-0.4, -0.2) is 45.0 Å². The summed E-state index contributed by atoms with van der Waals surface area (Å²) in [5.74, 6) is -0.0231. The van der Waals surface area contributed by atoms with Crippen molar-refractivity contribution in [2.45, 2.75) is 63.7 Å². The second kappa shape index (κ2) is 8.65. The van der Waals surface area contributed by atoms with Gasteiger partial charge in [0.05, 0.1) is 24.9 Å². The predicted molar refractivity (Wildman–Crippen MR) is 102 cm³/mol. The Morgan fingerprint density at radius 2 is 1.89 bits per heavy atom. The maximum absolute atomic E-state index is 12.9.